The van der Waals surface area contributed by atoms with Gasteiger partial charge >= 0.3 is 0 Å². The number of hydrogen-bond donors (Lipinski definition) is 1. The molecule has 0 radical (unpaired) electrons. The second-order valence-corrected chi connectivity index (χ2v) is 2.97. The van der Waals surface area contributed by atoms with Gasteiger partial charge in [-0.2, -0.15) is 0 Å². The Labute approximate surface area is 74.7 Å². The number of aromatic amines is 1. The minimum atomic E-state index is -0.175. The lowest BCUT2D eigenvalue weighted by Gasteiger charge is -1.98. The van der Waals surface area contributed by atoms with E-state index in [0.717, 1.165) is 11.2 Å². The van der Waals surface area contributed by atoms with E-state index in [2.05, 4.69) is 15.0 Å². The van der Waals surface area contributed by atoms with E-state index in [1.807, 2.05) is 19.1 Å². The van der Waals surface area contributed by atoms with E-state index in [4.69, 9.17) is 0 Å². The number of aryl methyl sites for hydroxylation is 2. The third kappa shape index (κ3) is 1.30. The smallest absolute Gasteiger partial charge is 0.270 e. The fourth-order valence-corrected chi connectivity index (χ4v) is 1.16. The Bertz CT molecular complexity index is 516. The molecule has 1 N–H and O–H groups in total. The molecule has 0 bridgehead atoms. The van der Waals surface area contributed by atoms with Gasteiger partial charge in [-0.15, -0.1) is 0 Å². The maximum Gasteiger partial charge on any atom is 0.270 e. The summed E-state index contributed by atoms with van der Waals surface area (Å²) in [6, 6.07) is 3.72. The number of pyridine rings is 1. The molecular formula is C9H9N3O. The third-order valence-electron chi connectivity index (χ3n) is 1.86. The molecular weight excluding hydrogens is 166 g/mol. The zero-order chi connectivity index (χ0) is 9.42. The van der Waals surface area contributed by atoms with Crippen molar-refractivity contribution in [3.63, 3.8) is 0 Å². The normalized spacial score (nSPS) is 10.6. The number of nitrogens with one attached hydrogen (secondary N) is 1. The Kier molecular flexibility index (Phi) is 1.62. The Morgan fingerprint density at radius 3 is 2.77 bits per heavy atom. The molecule has 2 aromatic heterocycles. The Hall–Kier alpha value is -1.71. The molecule has 4 heteroatoms. The van der Waals surface area contributed by atoms with Crippen molar-refractivity contribution in [1.29, 1.82) is 0 Å². The molecule has 2 rings (SSSR count). The van der Waals surface area contributed by atoms with E-state index < -0.39 is 0 Å². The van der Waals surface area contributed by atoms with Crippen molar-refractivity contribution in [3.05, 3.63) is 33.9 Å². The first-order chi connectivity index (χ1) is 6.16. The number of nitrogens with zero attached hydrogens (tertiary/aromatic N) is 2. The van der Waals surface area contributed by atoms with E-state index >= 15 is 0 Å². The number of hydrogen-bond acceptors (Lipinski definition) is 3. The van der Waals surface area contributed by atoms with Crippen LogP contribution in [0.1, 0.15) is 11.4 Å². The van der Waals surface area contributed by atoms with Gasteiger partial charge in [0.25, 0.3) is 5.56 Å². The average molecular weight is 175 g/mol. The van der Waals surface area contributed by atoms with E-state index in [0.29, 0.717) is 11.3 Å². The molecule has 0 fully saturated rings. The molecule has 2 aromatic rings. The van der Waals surface area contributed by atoms with Crippen molar-refractivity contribution in [2.45, 2.75) is 13.8 Å². The number of H-pyrrole nitrogens is 1. The summed E-state index contributed by atoms with van der Waals surface area (Å²) in [4.78, 5) is 22.1. The molecule has 0 aromatic carbocycles. The van der Waals surface area contributed by atoms with Gasteiger partial charge in [-0.3, -0.25) is 4.79 Å². The molecule has 0 saturated heterocycles. The molecule has 66 valence electrons. The minimum absolute atomic E-state index is 0.175. The van der Waals surface area contributed by atoms with Crippen LogP contribution in [0.2, 0.25) is 0 Å². The van der Waals surface area contributed by atoms with Crippen LogP contribution in [0.5, 0.6) is 0 Å². The number of rotatable bonds is 0. The molecule has 13 heavy (non-hydrogen) atoms. The van der Waals surface area contributed by atoms with Crippen LogP contribution in [-0.2, 0) is 0 Å². The highest BCUT2D eigenvalue weighted by Crippen LogP contribution is 2.04. The molecule has 0 saturated carbocycles. The third-order valence-corrected chi connectivity index (χ3v) is 1.86. The first kappa shape index (κ1) is 7.91. The summed E-state index contributed by atoms with van der Waals surface area (Å²) in [6.07, 6.45) is 0. The maximum atomic E-state index is 11.2. The Morgan fingerprint density at radius 1 is 1.23 bits per heavy atom. The summed E-state index contributed by atoms with van der Waals surface area (Å²) >= 11 is 0. The van der Waals surface area contributed by atoms with Gasteiger partial charge in [0.2, 0.25) is 0 Å². The molecule has 0 atom stereocenters. The monoisotopic (exact) mass is 175 g/mol. The minimum Gasteiger partial charge on any atom is -0.304 e. The molecule has 0 spiro atoms. The predicted molar refractivity (Wildman–Crippen MR) is 49.6 cm³/mol. The fraction of sp³-hybridized carbons (Fsp3) is 0.222. The summed E-state index contributed by atoms with van der Waals surface area (Å²) < 4.78 is 0. The van der Waals surface area contributed by atoms with Crippen molar-refractivity contribution in [2.75, 3.05) is 0 Å². The van der Waals surface area contributed by atoms with Crippen LogP contribution in [0.15, 0.2) is 16.9 Å². The summed E-state index contributed by atoms with van der Waals surface area (Å²) in [6.45, 7) is 3.55. The van der Waals surface area contributed by atoms with Gasteiger partial charge in [-0.05, 0) is 26.0 Å². The van der Waals surface area contributed by atoms with Crippen LogP contribution >= 0.6 is 0 Å². The first-order valence-electron chi connectivity index (χ1n) is 4.01. The fourth-order valence-electron chi connectivity index (χ4n) is 1.16. The zero-order valence-corrected chi connectivity index (χ0v) is 7.46. The van der Waals surface area contributed by atoms with Crippen LogP contribution in [0.25, 0.3) is 11.2 Å². The summed E-state index contributed by atoms with van der Waals surface area (Å²) in [5.74, 6) is 0. The summed E-state index contributed by atoms with van der Waals surface area (Å²) in [5.41, 5.74) is 2.44. The summed E-state index contributed by atoms with van der Waals surface area (Å²) in [7, 11) is 0. The van der Waals surface area contributed by atoms with Gasteiger partial charge < -0.3 is 4.98 Å². The second-order valence-electron chi connectivity index (χ2n) is 2.97. The van der Waals surface area contributed by atoms with E-state index in [1.165, 1.54) is 0 Å². The van der Waals surface area contributed by atoms with Gasteiger partial charge in [0.05, 0.1) is 0 Å². The summed E-state index contributed by atoms with van der Waals surface area (Å²) in [5, 5.41) is 0. The number of aromatic nitrogens is 3. The SMILES string of the molecule is Cc1ccc2nc(C)c(=O)[nH]c2n1. The lowest BCUT2D eigenvalue weighted by Crippen LogP contribution is -2.12. The predicted octanol–water partition coefficient (Wildman–Crippen LogP) is 0.935. The topological polar surface area (TPSA) is 58.6 Å². The largest absolute Gasteiger partial charge is 0.304 e. The van der Waals surface area contributed by atoms with E-state index in [9.17, 15) is 4.79 Å². The molecule has 0 aliphatic rings. The number of fused-ring (bicyclic) bond motifs is 1. The first-order valence-corrected chi connectivity index (χ1v) is 4.01. The maximum absolute atomic E-state index is 11.2. The van der Waals surface area contributed by atoms with Crippen molar-refractivity contribution in [1.82, 2.24) is 15.0 Å². The highest BCUT2D eigenvalue weighted by molar-refractivity contribution is 5.69. The van der Waals surface area contributed by atoms with Gasteiger partial charge in [0, 0.05) is 5.69 Å². The van der Waals surface area contributed by atoms with Crippen molar-refractivity contribution >= 4 is 11.2 Å². The van der Waals surface area contributed by atoms with Gasteiger partial charge in [0.15, 0.2) is 5.65 Å². The van der Waals surface area contributed by atoms with Crippen LogP contribution < -0.4 is 5.56 Å². The van der Waals surface area contributed by atoms with Gasteiger partial charge in [-0.1, -0.05) is 0 Å². The Balaban J connectivity index is 2.89. The van der Waals surface area contributed by atoms with Crippen LogP contribution in [-0.4, -0.2) is 15.0 Å². The van der Waals surface area contributed by atoms with Crippen molar-refractivity contribution in [3.8, 4) is 0 Å². The second kappa shape index (κ2) is 2.65. The molecule has 0 aliphatic carbocycles. The lowest BCUT2D eigenvalue weighted by molar-refractivity contribution is 1.08. The lowest BCUT2D eigenvalue weighted by atomic mass is 10.3. The highest BCUT2D eigenvalue weighted by atomic mass is 16.1. The van der Waals surface area contributed by atoms with Crippen LogP contribution in [0.3, 0.4) is 0 Å². The van der Waals surface area contributed by atoms with E-state index in [-0.39, 0.29) is 5.56 Å². The van der Waals surface area contributed by atoms with Crippen LogP contribution in [0, 0.1) is 13.8 Å². The van der Waals surface area contributed by atoms with Crippen molar-refractivity contribution < 1.29 is 0 Å². The van der Waals surface area contributed by atoms with Crippen molar-refractivity contribution in [2.24, 2.45) is 0 Å². The molecule has 0 aliphatic heterocycles. The van der Waals surface area contributed by atoms with Gasteiger partial charge in [-0.25, -0.2) is 9.97 Å². The molecule has 2 heterocycles. The van der Waals surface area contributed by atoms with Gasteiger partial charge in [0.1, 0.15) is 11.2 Å². The average Bonchev–Trinajstić information content (AvgIpc) is 2.08. The molecule has 4 nitrogen and oxygen atoms in total. The molecule has 0 unspecified atom stereocenters. The molecule has 0 amide bonds. The zero-order valence-electron chi connectivity index (χ0n) is 7.46. The van der Waals surface area contributed by atoms with Crippen LogP contribution in [0.4, 0.5) is 0 Å². The quantitative estimate of drug-likeness (QED) is 0.648. The standard InChI is InChI=1S/C9H9N3O/c1-5-3-4-7-8(10-5)12-9(13)6(2)11-7/h3-4H,1-2H3,(H,10,12,13). The van der Waals surface area contributed by atoms with E-state index in [1.54, 1.807) is 6.92 Å². The Morgan fingerprint density at radius 2 is 2.00 bits per heavy atom. The highest BCUT2D eigenvalue weighted by Gasteiger charge is 2.00.